The first-order valence-electron chi connectivity index (χ1n) is 11.2. The fraction of sp³-hybridized carbons (Fsp3) is 0.269. The minimum Gasteiger partial charge on any atom is -0.494 e. The molecule has 0 amide bonds. The summed E-state index contributed by atoms with van der Waals surface area (Å²) in [6.07, 6.45) is 7.20. The van der Waals surface area contributed by atoms with E-state index < -0.39 is 0 Å². The van der Waals surface area contributed by atoms with Crippen molar-refractivity contribution in [1.82, 2.24) is 14.6 Å². The maximum Gasteiger partial charge on any atom is 0.291 e. The SMILES string of the molecule is CCCCCOc1ccc(-c2nc3s/c(=C\C4=Cc5ccccc5O[C@@H]4C)c(=O)n3n2)cc1. The van der Waals surface area contributed by atoms with Crippen molar-refractivity contribution in [3.05, 3.63) is 74.6 Å². The molecule has 7 heteroatoms. The van der Waals surface area contributed by atoms with E-state index in [-0.39, 0.29) is 11.7 Å². The van der Waals surface area contributed by atoms with Gasteiger partial charge < -0.3 is 9.47 Å². The van der Waals surface area contributed by atoms with Gasteiger partial charge in [-0.15, -0.1) is 5.10 Å². The van der Waals surface area contributed by atoms with Crippen LogP contribution in [0.2, 0.25) is 0 Å². The largest absolute Gasteiger partial charge is 0.494 e. The van der Waals surface area contributed by atoms with Gasteiger partial charge in [0.1, 0.15) is 17.6 Å². The Morgan fingerprint density at radius 3 is 2.76 bits per heavy atom. The van der Waals surface area contributed by atoms with Crippen LogP contribution in [0.1, 0.15) is 38.7 Å². The summed E-state index contributed by atoms with van der Waals surface area (Å²) in [4.78, 5) is 18.1. The highest BCUT2D eigenvalue weighted by Crippen LogP contribution is 2.29. The van der Waals surface area contributed by atoms with E-state index >= 15 is 0 Å². The molecule has 6 nitrogen and oxygen atoms in total. The van der Waals surface area contributed by atoms with Crippen molar-refractivity contribution in [2.24, 2.45) is 0 Å². The average molecular weight is 460 g/mol. The quantitative estimate of drug-likeness (QED) is 0.373. The number of aromatic nitrogens is 3. The van der Waals surface area contributed by atoms with Gasteiger partial charge >= 0.3 is 0 Å². The van der Waals surface area contributed by atoms with Crippen LogP contribution in [0.3, 0.4) is 0 Å². The normalized spacial score (nSPS) is 15.9. The summed E-state index contributed by atoms with van der Waals surface area (Å²) >= 11 is 1.34. The van der Waals surface area contributed by atoms with Crippen LogP contribution in [0.25, 0.3) is 28.5 Å². The molecule has 2 aromatic heterocycles. The zero-order valence-corrected chi connectivity index (χ0v) is 19.5. The average Bonchev–Trinajstić information content (AvgIpc) is 3.37. The highest BCUT2D eigenvalue weighted by atomic mass is 32.1. The molecule has 0 N–H and O–H groups in total. The number of rotatable bonds is 7. The van der Waals surface area contributed by atoms with Gasteiger partial charge in [0.05, 0.1) is 11.1 Å². The number of para-hydroxylation sites is 1. The first-order valence-corrected chi connectivity index (χ1v) is 12.1. The number of unbranched alkanes of at least 4 members (excludes halogenated alkanes) is 2. The Hall–Kier alpha value is -3.45. The van der Waals surface area contributed by atoms with Crippen molar-refractivity contribution in [1.29, 1.82) is 0 Å². The van der Waals surface area contributed by atoms with Crippen LogP contribution in [-0.2, 0) is 0 Å². The van der Waals surface area contributed by atoms with Gasteiger partial charge in [-0.25, -0.2) is 0 Å². The summed E-state index contributed by atoms with van der Waals surface area (Å²) in [5, 5.41) is 4.46. The van der Waals surface area contributed by atoms with E-state index in [9.17, 15) is 4.79 Å². The van der Waals surface area contributed by atoms with Crippen LogP contribution in [0.5, 0.6) is 11.5 Å². The lowest BCUT2D eigenvalue weighted by molar-refractivity contribution is 0.259. The van der Waals surface area contributed by atoms with Crippen molar-refractivity contribution in [2.75, 3.05) is 6.61 Å². The second kappa shape index (κ2) is 9.19. The molecular formula is C26H25N3O3S. The Balaban J connectivity index is 1.39. The van der Waals surface area contributed by atoms with Crippen LogP contribution in [0, 0.1) is 0 Å². The summed E-state index contributed by atoms with van der Waals surface area (Å²) in [6, 6.07) is 15.6. The van der Waals surface area contributed by atoms with E-state index in [4.69, 9.17) is 9.47 Å². The van der Waals surface area contributed by atoms with Crippen LogP contribution in [-0.4, -0.2) is 27.3 Å². The molecule has 3 heterocycles. The lowest BCUT2D eigenvalue weighted by Gasteiger charge is -2.22. The number of nitrogens with zero attached hydrogens (tertiary/aromatic N) is 3. The van der Waals surface area contributed by atoms with Gasteiger partial charge in [0.25, 0.3) is 5.56 Å². The maximum absolute atomic E-state index is 13.0. The van der Waals surface area contributed by atoms with Gasteiger partial charge in [0.2, 0.25) is 4.96 Å². The third kappa shape index (κ3) is 4.41. The highest BCUT2D eigenvalue weighted by molar-refractivity contribution is 7.15. The molecule has 0 saturated heterocycles. The molecule has 0 fully saturated rings. The molecular weight excluding hydrogens is 434 g/mol. The molecule has 5 rings (SSSR count). The van der Waals surface area contributed by atoms with Crippen molar-refractivity contribution in [3.8, 4) is 22.9 Å². The number of benzene rings is 2. The van der Waals surface area contributed by atoms with Gasteiger partial charge in [-0.05, 0) is 61.4 Å². The lowest BCUT2D eigenvalue weighted by atomic mass is 10.0. The Morgan fingerprint density at radius 2 is 1.97 bits per heavy atom. The maximum atomic E-state index is 13.0. The standard InChI is InChI=1S/C26H25N3O3S/c1-3-4-7-14-31-21-12-10-18(11-13-21)24-27-26-29(28-24)25(30)23(33-26)16-20-15-19-8-5-6-9-22(19)32-17(20)2/h5-6,8-13,15-17H,3-4,7,14H2,1-2H3/b23-16-/t17-/m1/s1. The van der Waals surface area contributed by atoms with Gasteiger partial charge in [-0.1, -0.05) is 49.3 Å². The van der Waals surface area contributed by atoms with Crippen LogP contribution >= 0.6 is 11.3 Å². The van der Waals surface area contributed by atoms with Crippen LogP contribution < -0.4 is 19.6 Å². The molecule has 0 aliphatic carbocycles. The molecule has 1 aliphatic rings. The monoisotopic (exact) mass is 459 g/mol. The summed E-state index contributed by atoms with van der Waals surface area (Å²) < 4.78 is 13.7. The van der Waals surface area contributed by atoms with Gasteiger partial charge in [-0.2, -0.15) is 9.50 Å². The molecule has 0 bridgehead atoms. The lowest BCUT2D eigenvalue weighted by Crippen LogP contribution is -2.26. The summed E-state index contributed by atoms with van der Waals surface area (Å²) in [5.74, 6) is 2.22. The van der Waals surface area contributed by atoms with Gasteiger partial charge in [0.15, 0.2) is 5.82 Å². The Labute approximate surface area is 195 Å². The number of thiazole rings is 1. The van der Waals surface area contributed by atoms with Crippen molar-refractivity contribution >= 4 is 28.4 Å². The molecule has 0 saturated carbocycles. The zero-order chi connectivity index (χ0) is 22.8. The Morgan fingerprint density at radius 1 is 1.15 bits per heavy atom. The van der Waals surface area contributed by atoms with Gasteiger partial charge in [0, 0.05) is 11.1 Å². The summed E-state index contributed by atoms with van der Waals surface area (Å²) in [6.45, 7) is 4.87. The Kier molecular flexibility index (Phi) is 5.96. The number of hydrogen-bond acceptors (Lipinski definition) is 6. The summed E-state index contributed by atoms with van der Waals surface area (Å²) in [7, 11) is 0. The van der Waals surface area contributed by atoms with Crippen molar-refractivity contribution < 1.29 is 9.47 Å². The molecule has 168 valence electrons. The van der Waals surface area contributed by atoms with E-state index in [1.54, 1.807) is 0 Å². The second-order valence-electron chi connectivity index (χ2n) is 8.07. The van der Waals surface area contributed by atoms with E-state index in [1.807, 2.05) is 61.5 Å². The molecule has 0 unspecified atom stereocenters. The predicted octanol–water partition coefficient (Wildman–Crippen LogP) is 4.75. The van der Waals surface area contributed by atoms with E-state index in [0.29, 0.717) is 15.3 Å². The molecule has 0 spiro atoms. The Bertz CT molecular complexity index is 1420. The van der Waals surface area contributed by atoms with E-state index in [0.717, 1.165) is 41.2 Å². The topological polar surface area (TPSA) is 65.7 Å². The second-order valence-corrected chi connectivity index (χ2v) is 9.08. The number of ether oxygens (including phenoxy) is 2. The summed E-state index contributed by atoms with van der Waals surface area (Å²) in [5.41, 5.74) is 2.64. The molecule has 0 radical (unpaired) electrons. The third-order valence-corrected chi connectivity index (χ3v) is 6.58. The highest BCUT2D eigenvalue weighted by Gasteiger charge is 2.18. The minimum absolute atomic E-state index is 0.139. The molecule has 1 atom stereocenters. The zero-order valence-electron chi connectivity index (χ0n) is 18.7. The molecule has 33 heavy (non-hydrogen) atoms. The molecule has 2 aromatic carbocycles. The van der Waals surface area contributed by atoms with Gasteiger partial charge in [-0.3, -0.25) is 4.79 Å². The van der Waals surface area contributed by atoms with E-state index in [1.165, 1.54) is 28.7 Å². The number of hydrogen-bond donors (Lipinski definition) is 0. The van der Waals surface area contributed by atoms with Crippen LogP contribution in [0.4, 0.5) is 0 Å². The first-order chi connectivity index (χ1) is 16.1. The molecule has 1 aliphatic heterocycles. The van der Waals surface area contributed by atoms with Crippen molar-refractivity contribution in [2.45, 2.75) is 39.2 Å². The first kappa shape index (κ1) is 21.4. The van der Waals surface area contributed by atoms with Crippen LogP contribution in [0.15, 0.2) is 58.9 Å². The number of fused-ring (bicyclic) bond motifs is 2. The smallest absolute Gasteiger partial charge is 0.291 e. The minimum atomic E-state index is -0.170. The van der Waals surface area contributed by atoms with Crippen molar-refractivity contribution in [3.63, 3.8) is 0 Å². The molecule has 4 aromatic rings. The fourth-order valence-electron chi connectivity index (χ4n) is 3.77. The third-order valence-electron chi connectivity index (χ3n) is 5.62. The predicted molar refractivity (Wildman–Crippen MR) is 132 cm³/mol. The fourth-order valence-corrected chi connectivity index (χ4v) is 4.68. The van der Waals surface area contributed by atoms with E-state index in [2.05, 4.69) is 23.1 Å².